The summed E-state index contributed by atoms with van der Waals surface area (Å²) in [7, 11) is 0. The molecule has 28 heavy (non-hydrogen) atoms. The topological polar surface area (TPSA) is 58.6 Å². The molecule has 0 unspecified atom stereocenters. The third-order valence-electron chi connectivity index (χ3n) is 4.24. The van der Waals surface area contributed by atoms with Gasteiger partial charge in [-0.3, -0.25) is 14.5 Å². The standard InChI is InChI=1S/C21H22N2O3S2/c1-15-5-4-6-18(13-15)26-17-10-8-16(9-11-17)22-19(24)7-2-3-12-23-20(25)14-28-21(23)27/h4-6,8-11,13H,2-3,7,12,14H2,1H3,(H,22,24). The zero-order chi connectivity index (χ0) is 19.9. The third kappa shape index (κ3) is 5.81. The maximum atomic E-state index is 12.1. The van der Waals surface area contributed by atoms with Crippen LogP contribution in [0.5, 0.6) is 11.5 Å². The minimum Gasteiger partial charge on any atom is -0.457 e. The maximum Gasteiger partial charge on any atom is 0.238 e. The van der Waals surface area contributed by atoms with Crippen LogP contribution >= 0.6 is 24.0 Å². The number of rotatable bonds is 8. The van der Waals surface area contributed by atoms with Gasteiger partial charge >= 0.3 is 0 Å². The second-order valence-electron chi connectivity index (χ2n) is 6.55. The molecule has 0 aliphatic carbocycles. The van der Waals surface area contributed by atoms with Crippen LogP contribution in [-0.4, -0.2) is 33.3 Å². The summed E-state index contributed by atoms with van der Waals surface area (Å²) in [5.74, 6) is 1.95. The van der Waals surface area contributed by atoms with Gasteiger partial charge in [0.15, 0.2) is 0 Å². The molecule has 5 nitrogen and oxygen atoms in total. The van der Waals surface area contributed by atoms with Crippen LogP contribution in [0.4, 0.5) is 5.69 Å². The highest BCUT2D eigenvalue weighted by Gasteiger charge is 2.25. The van der Waals surface area contributed by atoms with Crippen molar-refractivity contribution in [1.82, 2.24) is 4.90 Å². The van der Waals surface area contributed by atoms with Crippen molar-refractivity contribution < 1.29 is 14.3 Å². The Kier molecular flexibility index (Phi) is 7.06. The first-order valence-corrected chi connectivity index (χ1v) is 10.5. The van der Waals surface area contributed by atoms with E-state index in [4.69, 9.17) is 17.0 Å². The normalized spacial score (nSPS) is 13.7. The van der Waals surface area contributed by atoms with Crippen molar-refractivity contribution in [3.05, 3.63) is 54.1 Å². The number of nitrogens with zero attached hydrogens (tertiary/aromatic N) is 1. The average Bonchev–Trinajstić information content (AvgIpc) is 2.98. The Bertz CT molecular complexity index is 852. The lowest BCUT2D eigenvalue weighted by atomic mass is 10.2. The number of ether oxygens (including phenoxy) is 1. The molecule has 0 atom stereocenters. The number of unbranched alkanes of at least 4 members (excludes halogenated alkanes) is 1. The van der Waals surface area contributed by atoms with E-state index in [0.29, 0.717) is 35.2 Å². The molecule has 0 saturated carbocycles. The van der Waals surface area contributed by atoms with Crippen molar-refractivity contribution >= 4 is 45.8 Å². The third-order valence-corrected chi connectivity index (χ3v) is 5.67. The van der Waals surface area contributed by atoms with Crippen LogP contribution in [0.1, 0.15) is 24.8 Å². The molecular formula is C21H22N2O3S2. The van der Waals surface area contributed by atoms with Crippen LogP contribution in [0.3, 0.4) is 0 Å². The van der Waals surface area contributed by atoms with Gasteiger partial charge in [0.2, 0.25) is 11.8 Å². The highest BCUT2D eigenvalue weighted by Crippen LogP contribution is 2.24. The number of amides is 2. The molecule has 146 valence electrons. The second kappa shape index (κ2) is 9.71. The Morgan fingerprint density at radius 1 is 1.18 bits per heavy atom. The van der Waals surface area contributed by atoms with Crippen LogP contribution in [0, 0.1) is 6.92 Å². The Balaban J connectivity index is 1.40. The van der Waals surface area contributed by atoms with Crippen LogP contribution in [0.15, 0.2) is 48.5 Å². The summed E-state index contributed by atoms with van der Waals surface area (Å²) in [6.45, 7) is 2.60. The van der Waals surface area contributed by atoms with E-state index in [0.717, 1.165) is 23.4 Å². The molecule has 2 aromatic rings. The van der Waals surface area contributed by atoms with Crippen molar-refractivity contribution in [2.45, 2.75) is 26.2 Å². The van der Waals surface area contributed by atoms with Crippen LogP contribution < -0.4 is 10.1 Å². The second-order valence-corrected chi connectivity index (χ2v) is 8.16. The molecule has 1 aliphatic rings. The first-order chi connectivity index (χ1) is 13.5. The smallest absolute Gasteiger partial charge is 0.238 e. The van der Waals surface area contributed by atoms with Gasteiger partial charge < -0.3 is 10.1 Å². The Hall–Kier alpha value is -2.38. The van der Waals surface area contributed by atoms with Crippen molar-refractivity contribution in [2.24, 2.45) is 0 Å². The van der Waals surface area contributed by atoms with Gasteiger partial charge in [0.25, 0.3) is 0 Å². The predicted octanol–water partition coefficient (Wildman–Crippen LogP) is 4.76. The van der Waals surface area contributed by atoms with E-state index in [1.165, 1.54) is 11.8 Å². The fraction of sp³-hybridized carbons (Fsp3) is 0.286. The van der Waals surface area contributed by atoms with Gasteiger partial charge in [0.1, 0.15) is 15.8 Å². The van der Waals surface area contributed by atoms with E-state index in [9.17, 15) is 9.59 Å². The minimum atomic E-state index is -0.0444. The molecule has 1 saturated heterocycles. The predicted molar refractivity (Wildman–Crippen MR) is 117 cm³/mol. The van der Waals surface area contributed by atoms with Gasteiger partial charge in [0, 0.05) is 18.7 Å². The number of aryl methyl sites for hydroxylation is 1. The molecular weight excluding hydrogens is 392 g/mol. The monoisotopic (exact) mass is 414 g/mol. The van der Waals surface area contributed by atoms with Crippen LogP contribution in [0.2, 0.25) is 0 Å². The lowest BCUT2D eigenvalue weighted by molar-refractivity contribution is -0.124. The van der Waals surface area contributed by atoms with E-state index >= 15 is 0 Å². The summed E-state index contributed by atoms with van der Waals surface area (Å²) >= 11 is 6.54. The molecule has 1 aliphatic heterocycles. The van der Waals surface area contributed by atoms with E-state index in [-0.39, 0.29) is 11.8 Å². The molecule has 2 amide bonds. The molecule has 2 aromatic carbocycles. The molecule has 0 radical (unpaired) electrons. The van der Waals surface area contributed by atoms with Gasteiger partial charge in [-0.25, -0.2) is 0 Å². The summed E-state index contributed by atoms with van der Waals surface area (Å²) < 4.78 is 6.45. The zero-order valence-electron chi connectivity index (χ0n) is 15.6. The van der Waals surface area contributed by atoms with E-state index < -0.39 is 0 Å². The lowest BCUT2D eigenvalue weighted by Crippen LogP contribution is -2.29. The zero-order valence-corrected chi connectivity index (χ0v) is 17.3. The first-order valence-electron chi connectivity index (χ1n) is 9.13. The summed E-state index contributed by atoms with van der Waals surface area (Å²) in [5.41, 5.74) is 1.87. The van der Waals surface area contributed by atoms with Crippen LogP contribution in [0.25, 0.3) is 0 Å². The van der Waals surface area contributed by atoms with Crippen molar-refractivity contribution in [2.75, 3.05) is 17.6 Å². The number of thioether (sulfide) groups is 1. The van der Waals surface area contributed by atoms with Crippen molar-refractivity contribution in [3.8, 4) is 11.5 Å². The summed E-state index contributed by atoms with van der Waals surface area (Å²) in [4.78, 5) is 25.4. The lowest BCUT2D eigenvalue weighted by Gasteiger charge is -2.14. The summed E-state index contributed by atoms with van der Waals surface area (Å²) in [6, 6.07) is 15.1. The summed E-state index contributed by atoms with van der Waals surface area (Å²) in [6.07, 6.45) is 1.87. The number of thiocarbonyl (C=S) groups is 1. The fourth-order valence-electron chi connectivity index (χ4n) is 2.80. The molecule has 0 aromatic heterocycles. The molecule has 1 heterocycles. The number of carbonyl (C=O) groups excluding carboxylic acids is 2. The SMILES string of the molecule is Cc1cccc(Oc2ccc(NC(=O)CCCCN3C(=O)CSC3=S)cc2)c1. The molecule has 0 bridgehead atoms. The number of benzene rings is 2. The van der Waals surface area contributed by atoms with Crippen molar-refractivity contribution in [1.29, 1.82) is 0 Å². The fourth-order valence-corrected chi connectivity index (χ4v) is 3.92. The molecule has 3 rings (SSSR count). The van der Waals surface area contributed by atoms with E-state index in [1.807, 2.05) is 55.5 Å². The summed E-state index contributed by atoms with van der Waals surface area (Å²) in [5, 5.41) is 2.88. The Morgan fingerprint density at radius 3 is 2.64 bits per heavy atom. The number of anilines is 1. The first kappa shape index (κ1) is 20.4. The largest absolute Gasteiger partial charge is 0.457 e. The highest BCUT2D eigenvalue weighted by molar-refractivity contribution is 8.23. The van der Waals surface area contributed by atoms with Gasteiger partial charge in [-0.05, 0) is 61.7 Å². The molecule has 1 N–H and O–H groups in total. The van der Waals surface area contributed by atoms with E-state index in [1.54, 1.807) is 4.90 Å². The van der Waals surface area contributed by atoms with Gasteiger partial charge in [-0.15, -0.1) is 0 Å². The number of nitrogens with one attached hydrogen (secondary N) is 1. The van der Waals surface area contributed by atoms with E-state index in [2.05, 4.69) is 5.32 Å². The number of hydrogen-bond acceptors (Lipinski definition) is 5. The van der Waals surface area contributed by atoms with Crippen molar-refractivity contribution in [3.63, 3.8) is 0 Å². The van der Waals surface area contributed by atoms with Gasteiger partial charge in [0.05, 0.1) is 5.75 Å². The molecule has 1 fully saturated rings. The minimum absolute atomic E-state index is 0.0444. The number of hydrogen-bond donors (Lipinski definition) is 1. The maximum absolute atomic E-state index is 12.1. The van der Waals surface area contributed by atoms with Crippen LogP contribution in [-0.2, 0) is 9.59 Å². The Morgan fingerprint density at radius 2 is 1.96 bits per heavy atom. The highest BCUT2D eigenvalue weighted by atomic mass is 32.2. The quantitative estimate of drug-likeness (QED) is 0.499. The average molecular weight is 415 g/mol. The van der Waals surface area contributed by atoms with Gasteiger partial charge in [-0.2, -0.15) is 0 Å². The molecule has 7 heteroatoms. The Labute approximate surface area is 174 Å². The van der Waals surface area contributed by atoms with Gasteiger partial charge in [-0.1, -0.05) is 36.1 Å². The molecule has 0 spiro atoms. The number of carbonyl (C=O) groups is 2.